The fourth-order valence-corrected chi connectivity index (χ4v) is 1.70. The minimum absolute atomic E-state index is 0.0157. The summed E-state index contributed by atoms with van der Waals surface area (Å²) >= 11 is 10.6. The van der Waals surface area contributed by atoms with Crippen molar-refractivity contribution in [3.05, 3.63) is 28.3 Å². The first-order chi connectivity index (χ1) is 6.97. The highest BCUT2D eigenvalue weighted by atomic mass is 35.5. The number of hydrogen-bond acceptors (Lipinski definition) is 3. The molecule has 0 bridgehead atoms. The summed E-state index contributed by atoms with van der Waals surface area (Å²) in [6.07, 6.45) is 0. The van der Waals surface area contributed by atoms with Crippen molar-refractivity contribution in [2.75, 3.05) is 21.2 Å². The molecule has 1 aromatic rings. The van der Waals surface area contributed by atoms with Gasteiger partial charge in [-0.05, 0) is 38.7 Å². The van der Waals surface area contributed by atoms with Gasteiger partial charge in [0.05, 0.1) is 12.5 Å². The van der Waals surface area contributed by atoms with Gasteiger partial charge in [0.2, 0.25) is 0 Å². The number of aryl methyl sites for hydroxylation is 1. The number of hydrogen-bond donors (Lipinski definition) is 1. The number of methoxy groups -OCH3 is 1. The number of nitrogens with zero attached hydrogens (tertiary/aromatic N) is 1. The Balaban J connectivity index is 3.21. The van der Waals surface area contributed by atoms with Crippen LogP contribution in [0, 0.1) is 6.92 Å². The summed E-state index contributed by atoms with van der Waals surface area (Å²) in [7, 11) is 5.58. The van der Waals surface area contributed by atoms with E-state index in [0.29, 0.717) is 0 Å². The standard InChI is InChI=1S/C11H16ClNOS/c1-7-5-10(14-4)8(6-9(7)12)11(15)13(2)3/h5-6,11,15H,1-4H3. The van der Waals surface area contributed by atoms with Crippen LogP contribution in [0.2, 0.25) is 5.02 Å². The zero-order valence-electron chi connectivity index (χ0n) is 9.41. The molecule has 0 radical (unpaired) electrons. The Labute approximate surface area is 102 Å². The van der Waals surface area contributed by atoms with Crippen LogP contribution in [-0.2, 0) is 0 Å². The molecule has 1 atom stereocenters. The van der Waals surface area contributed by atoms with Crippen molar-refractivity contribution in [3.8, 4) is 5.75 Å². The van der Waals surface area contributed by atoms with E-state index >= 15 is 0 Å². The molecule has 2 nitrogen and oxygen atoms in total. The van der Waals surface area contributed by atoms with E-state index in [4.69, 9.17) is 16.3 Å². The molecule has 1 aromatic carbocycles. The van der Waals surface area contributed by atoms with Gasteiger partial charge in [-0.15, -0.1) is 0 Å². The fourth-order valence-electron chi connectivity index (χ4n) is 1.33. The monoisotopic (exact) mass is 245 g/mol. The van der Waals surface area contributed by atoms with Gasteiger partial charge in [0, 0.05) is 10.6 Å². The van der Waals surface area contributed by atoms with Crippen molar-refractivity contribution < 1.29 is 4.74 Å². The Morgan fingerprint density at radius 3 is 2.47 bits per heavy atom. The second-order valence-electron chi connectivity index (χ2n) is 3.68. The highest BCUT2D eigenvalue weighted by Crippen LogP contribution is 2.34. The molecule has 0 N–H and O–H groups in total. The molecule has 0 aliphatic rings. The van der Waals surface area contributed by atoms with E-state index in [0.717, 1.165) is 21.9 Å². The minimum atomic E-state index is -0.0157. The third-order valence-electron chi connectivity index (χ3n) is 2.28. The fraction of sp³-hybridized carbons (Fsp3) is 0.455. The average molecular weight is 246 g/mol. The molecule has 0 aromatic heterocycles. The van der Waals surface area contributed by atoms with Gasteiger partial charge in [-0.2, -0.15) is 12.6 Å². The van der Waals surface area contributed by atoms with Crippen LogP contribution in [0.25, 0.3) is 0 Å². The first-order valence-electron chi connectivity index (χ1n) is 4.66. The van der Waals surface area contributed by atoms with Crippen molar-refractivity contribution in [2.45, 2.75) is 12.3 Å². The second kappa shape index (κ2) is 5.10. The average Bonchev–Trinajstić information content (AvgIpc) is 2.20. The topological polar surface area (TPSA) is 12.5 Å². The highest BCUT2D eigenvalue weighted by molar-refractivity contribution is 7.80. The van der Waals surface area contributed by atoms with Gasteiger partial charge in [-0.3, -0.25) is 4.90 Å². The second-order valence-corrected chi connectivity index (χ2v) is 4.58. The maximum absolute atomic E-state index is 6.08. The van der Waals surface area contributed by atoms with Crippen molar-refractivity contribution >= 4 is 24.2 Å². The zero-order valence-corrected chi connectivity index (χ0v) is 11.1. The lowest BCUT2D eigenvalue weighted by atomic mass is 10.1. The Hall–Kier alpha value is -0.380. The molecule has 1 unspecified atom stereocenters. The lowest BCUT2D eigenvalue weighted by Crippen LogP contribution is -2.15. The molecular weight excluding hydrogens is 230 g/mol. The van der Waals surface area contributed by atoms with Crippen molar-refractivity contribution in [1.82, 2.24) is 4.90 Å². The van der Waals surface area contributed by atoms with Crippen LogP contribution in [0.15, 0.2) is 12.1 Å². The summed E-state index contributed by atoms with van der Waals surface area (Å²) in [6, 6.07) is 3.85. The molecule has 84 valence electrons. The molecule has 0 saturated carbocycles. The van der Waals surface area contributed by atoms with Gasteiger partial charge in [-0.25, -0.2) is 0 Å². The molecular formula is C11H16ClNOS. The quantitative estimate of drug-likeness (QED) is 0.649. The lowest BCUT2D eigenvalue weighted by molar-refractivity contribution is 0.366. The van der Waals surface area contributed by atoms with Gasteiger partial charge < -0.3 is 4.74 Å². The summed E-state index contributed by atoms with van der Waals surface area (Å²) in [4.78, 5) is 1.99. The summed E-state index contributed by atoms with van der Waals surface area (Å²) in [5.74, 6) is 0.825. The van der Waals surface area contributed by atoms with Crippen LogP contribution in [0.1, 0.15) is 16.5 Å². The molecule has 1 rings (SSSR count). The predicted octanol–water partition coefficient (Wildman–Crippen LogP) is 3.15. The molecule has 0 saturated heterocycles. The third-order valence-corrected chi connectivity index (χ3v) is 3.43. The van der Waals surface area contributed by atoms with E-state index in [2.05, 4.69) is 12.6 Å². The van der Waals surface area contributed by atoms with Crippen LogP contribution in [0.4, 0.5) is 0 Å². The van der Waals surface area contributed by atoms with Crippen LogP contribution >= 0.6 is 24.2 Å². The maximum atomic E-state index is 6.08. The number of rotatable bonds is 3. The predicted molar refractivity (Wildman–Crippen MR) is 68.2 cm³/mol. The Bertz CT molecular complexity index is 355. The Morgan fingerprint density at radius 2 is 2.00 bits per heavy atom. The van der Waals surface area contributed by atoms with Crippen LogP contribution in [-0.4, -0.2) is 26.1 Å². The molecule has 0 spiro atoms. The first-order valence-corrected chi connectivity index (χ1v) is 5.55. The maximum Gasteiger partial charge on any atom is 0.124 e. The van der Waals surface area contributed by atoms with E-state index in [-0.39, 0.29) is 5.37 Å². The SMILES string of the molecule is COc1cc(C)c(Cl)cc1C(S)N(C)C. The summed E-state index contributed by atoms with van der Waals surface area (Å²) in [5, 5.41) is 0.727. The van der Waals surface area contributed by atoms with Gasteiger partial charge >= 0.3 is 0 Å². The van der Waals surface area contributed by atoms with Crippen molar-refractivity contribution in [3.63, 3.8) is 0 Å². The summed E-state index contributed by atoms with van der Waals surface area (Å²) in [5.41, 5.74) is 2.00. The van der Waals surface area contributed by atoms with Crippen molar-refractivity contribution in [2.24, 2.45) is 0 Å². The summed E-state index contributed by atoms with van der Waals surface area (Å²) < 4.78 is 5.32. The van der Waals surface area contributed by atoms with Crippen LogP contribution in [0.5, 0.6) is 5.75 Å². The Kier molecular flexibility index (Phi) is 4.32. The van der Waals surface area contributed by atoms with Gasteiger partial charge in [-0.1, -0.05) is 11.6 Å². The van der Waals surface area contributed by atoms with E-state index in [1.54, 1.807) is 7.11 Å². The Morgan fingerprint density at radius 1 is 1.40 bits per heavy atom. The van der Waals surface area contributed by atoms with Gasteiger partial charge in [0.25, 0.3) is 0 Å². The van der Waals surface area contributed by atoms with Crippen LogP contribution in [0.3, 0.4) is 0 Å². The minimum Gasteiger partial charge on any atom is -0.496 e. The third kappa shape index (κ3) is 2.80. The van der Waals surface area contributed by atoms with Crippen molar-refractivity contribution in [1.29, 1.82) is 0 Å². The molecule has 0 aliphatic heterocycles. The van der Waals surface area contributed by atoms with E-state index in [1.807, 2.05) is 38.1 Å². The van der Waals surface area contributed by atoms with Gasteiger partial charge in [0.1, 0.15) is 5.75 Å². The molecule has 0 heterocycles. The number of benzene rings is 1. The largest absolute Gasteiger partial charge is 0.496 e. The molecule has 15 heavy (non-hydrogen) atoms. The number of ether oxygens (including phenoxy) is 1. The van der Waals surface area contributed by atoms with E-state index < -0.39 is 0 Å². The van der Waals surface area contributed by atoms with E-state index in [9.17, 15) is 0 Å². The molecule has 4 heteroatoms. The smallest absolute Gasteiger partial charge is 0.124 e. The first kappa shape index (κ1) is 12.7. The molecule has 0 fully saturated rings. The molecule has 0 aliphatic carbocycles. The number of thiol groups is 1. The number of halogens is 1. The zero-order chi connectivity index (χ0) is 11.6. The molecule has 0 amide bonds. The van der Waals surface area contributed by atoms with Gasteiger partial charge in [0.15, 0.2) is 0 Å². The highest BCUT2D eigenvalue weighted by Gasteiger charge is 2.15. The summed E-state index contributed by atoms with van der Waals surface area (Å²) in [6.45, 7) is 1.96. The normalized spacial score (nSPS) is 13.0. The lowest BCUT2D eigenvalue weighted by Gasteiger charge is -2.22. The van der Waals surface area contributed by atoms with E-state index in [1.165, 1.54) is 0 Å². The van der Waals surface area contributed by atoms with Crippen LogP contribution < -0.4 is 4.74 Å².